The minimum Gasteiger partial charge on any atom is -0.323 e. The normalized spacial score (nSPS) is 11.3. The fourth-order valence-electron chi connectivity index (χ4n) is 1.88. The molecule has 0 fully saturated rings. The van der Waals surface area contributed by atoms with Gasteiger partial charge >= 0.3 is 0 Å². The van der Waals surface area contributed by atoms with Crippen LogP contribution in [0.25, 0.3) is 23.2 Å². The van der Waals surface area contributed by atoms with Crippen molar-refractivity contribution < 1.29 is 0 Å². The van der Waals surface area contributed by atoms with Crippen LogP contribution in [-0.4, -0.2) is 4.57 Å². The third kappa shape index (κ3) is 2.00. The number of para-hydroxylation sites is 1. The van der Waals surface area contributed by atoms with Crippen LogP contribution in [0.2, 0.25) is 0 Å². The van der Waals surface area contributed by atoms with Gasteiger partial charge in [-0.25, -0.2) is 0 Å². The van der Waals surface area contributed by atoms with Crippen molar-refractivity contribution in [3.63, 3.8) is 0 Å². The summed E-state index contributed by atoms with van der Waals surface area (Å²) in [5.74, 6) is 0. The van der Waals surface area contributed by atoms with E-state index in [9.17, 15) is 0 Å². The molecule has 1 heterocycles. The van der Waals surface area contributed by atoms with Crippen molar-refractivity contribution in [1.29, 1.82) is 0 Å². The van der Waals surface area contributed by atoms with E-state index in [0.717, 1.165) is 5.39 Å². The molecule has 1 nitrogen and oxygen atoms in total. The Hall–Kier alpha value is -2.28. The second-order valence-electron chi connectivity index (χ2n) is 3.92. The summed E-state index contributed by atoms with van der Waals surface area (Å²) in [4.78, 5) is 0. The van der Waals surface area contributed by atoms with Crippen LogP contribution in [0.5, 0.6) is 0 Å². The number of rotatable bonds is 2. The van der Waals surface area contributed by atoms with Crippen LogP contribution in [-0.2, 0) is 0 Å². The van der Waals surface area contributed by atoms with Gasteiger partial charge in [-0.2, -0.15) is 0 Å². The molecule has 3 aromatic rings. The first-order valence-corrected chi connectivity index (χ1v) is 5.64. The lowest BCUT2D eigenvalue weighted by atomic mass is 10.2. The first-order chi connectivity index (χ1) is 8.43. The molecule has 1 aromatic heterocycles. The molecule has 1 heteroatoms. The summed E-state index contributed by atoms with van der Waals surface area (Å²) in [6.07, 6.45) is 6.12. The van der Waals surface area contributed by atoms with Crippen LogP contribution in [0.4, 0.5) is 0 Å². The number of fused-ring (bicyclic) bond motifs is 1. The molecule has 81 valence electrons. The van der Waals surface area contributed by atoms with E-state index in [1.54, 1.807) is 0 Å². The third-order valence-corrected chi connectivity index (χ3v) is 2.77. The highest BCUT2D eigenvalue weighted by Gasteiger charge is 1.96. The van der Waals surface area contributed by atoms with Gasteiger partial charge in [-0.3, -0.25) is 0 Å². The Morgan fingerprint density at radius 3 is 2.53 bits per heavy atom. The van der Waals surface area contributed by atoms with Crippen LogP contribution < -0.4 is 0 Å². The minimum absolute atomic E-state index is 1.14. The number of benzene rings is 2. The van der Waals surface area contributed by atoms with Crippen molar-refractivity contribution in [3.8, 4) is 0 Å². The zero-order valence-electron chi connectivity index (χ0n) is 9.38. The highest BCUT2D eigenvalue weighted by atomic mass is 14.9. The number of nitrogens with zero attached hydrogens (tertiary/aromatic N) is 1. The fraction of sp³-hybridized carbons (Fsp3) is 0. The maximum atomic E-state index is 3.24. The second-order valence-corrected chi connectivity index (χ2v) is 3.92. The molecule has 0 amide bonds. The van der Waals surface area contributed by atoms with Crippen LogP contribution in [0.1, 0.15) is 5.56 Å². The number of hydrogen-bond acceptors (Lipinski definition) is 0. The molecule has 0 saturated carbocycles. The quantitative estimate of drug-likeness (QED) is 0.611. The molecule has 3 rings (SSSR count). The third-order valence-electron chi connectivity index (χ3n) is 2.77. The first kappa shape index (κ1) is 9.91. The molecule has 0 aliphatic heterocycles. The molecule has 0 bridgehead atoms. The van der Waals surface area contributed by atoms with Crippen molar-refractivity contribution in [2.24, 2.45) is 0 Å². The highest BCUT2D eigenvalue weighted by Crippen LogP contribution is 2.15. The zero-order chi connectivity index (χ0) is 11.5. The predicted octanol–water partition coefficient (Wildman–Crippen LogP) is 4.07. The van der Waals surface area contributed by atoms with Crippen molar-refractivity contribution in [3.05, 3.63) is 72.4 Å². The van der Waals surface area contributed by atoms with E-state index in [-0.39, 0.29) is 0 Å². The van der Waals surface area contributed by atoms with Crippen molar-refractivity contribution in [2.75, 3.05) is 0 Å². The van der Waals surface area contributed by atoms with Gasteiger partial charge in [0.1, 0.15) is 0 Å². The lowest BCUT2D eigenvalue weighted by Gasteiger charge is -1.97. The summed E-state index contributed by atoms with van der Waals surface area (Å²) in [5, 5.41) is 1.14. The van der Waals surface area contributed by atoms with Crippen LogP contribution in [0.15, 0.2) is 60.8 Å². The molecule has 2 aromatic carbocycles. The smallest absolute Gasteiger partial charge is 0.0528 e. The molecule has 17 heavy (non-hydrogen) atoms. The molecule has 0 atom stereocenters. The number of hydrogen-bond donors (Lipinski definition) is 0. The Bertz CT molecular complexity index is 647. The molecule has 0 unspecified atom stereocenters. The van der Waals surface area contributed by atoms with Gasteiger partial charge < -0.3 is 4.57 Å². The average molecular weight is 218 g/mol. The Kier molecular flexibility index (Phi) is 2.51. The Morgan fingerprint density at radius 1 is 0.882 bits per heavy atom. The summed E-state index contributed by atoms with van der Waals surface area (Å²) >= 11 is 0. The minimum atomic E-state index is 1.14. The van der Waals surface area contributed by atoms with Gasteiger partial charge in [-0.1, -0.05) is 48.5 Å². The lowest BCUT2D eigenvalue weighted by Crippen LogP contribution is -1.81. The summed E-state index contributed by atoms with van der Waals surface area (Å²) in [6.45, 7) is 0. The summed E-state index contributed by atoms with van der Waals surface area (Å²) in [6, 6.07) is 21.8. The van der Waals surface area contributed by atoms with Gasteiger partial charge in [0.05, 0.1) is 5.52 Å². The van der Waals surface area contributed by atoms with E-state index in [2.05, 4.69) is 47.2 Å². The highest BCUT2D eigenvalue weighted by molar-refractivity contribution is 5.82. The maximum Gasteiger partial charge on any atom is 0.0528 e. The molecule has 0 N–H and O–H groups in total. The topological polar surface area (TPSA) is 4.93 Å². The van der Waals surface area contributed by atoms with Crippen LogP contribution >= 0.6 is 0 Å². The van der Waals surface area contributed by atoms with E-state index in [4.69, 9.17) is 0 Å². The first-order valence-electron chi connectivity index (χ1n) is 5.64. The standard InChI is InChI=1S/C16H12N/c1-2-6-14(7-3-1)10-12-17-13-11-15-8-4-5-9-16(15)17/h1-10,12-13H. The van der Waals surface area contributed by atoms with E-state index in [1.807, 2.05) is 36.5 Å². The predicted molar refractivity (Wildman–Crippen MR) is 72.4 cm³/mol. The summed E-state index contributed by atoms with van der Waals surface area (Å²) in [5.41, 5.74) is 2.38. The lowest BCUT2D eigenvalue weighted by molar-refractivity contribution is 1.23. The van der Waals surface area contributed by atoms with Gasteiger partial charge in [-0.15, -0.1) is 0 Å². The van der Waals surface area contributed by atoms with Crippen molar-refractivity contribution in [1.82, 2.24) is 4.57 Å². The molecule has 0 saturated heterocycles. The Labute approximate surface area is 101 Å². The molecule has 0 aliphatic carbocycles. The summed E-state index contributed by atoms with van der Waals surface area (Å²) in [7, 11) is 0. The van der Waals surface area contributed by atoms with E-state index < -0.39 is 0 Å². The van der Waals surface area contributed by atoms with Crippen LogP contribution in [0.3, 0.4) is 0 Å². The fourth-order valence-corrected chi connectivity index (χ4v) is 1.88. The second kappa shape index (κ2) is 4.30. The zero-order valence-corrected chi connectivity index (χ0v) is 9.38. The van der Waals surface area contributed by atoms with Gasteiger partial charge in [0, 0.05) is 23.8 Å². The van der Waals surface area contributed by atoms with Gasteiger partial charge in [0.15, 0.2) is 0 Å². The van der Waals surface area contributed by atoms with Crippen molar-refractivity contribution >= 4 is 23.2 Å². The number of aromatic nitrogens is 1. The maximum absolute atomic E-state index is 3.24. The van der Waals surface area contributed by atoms with Gasteiger partial charge in [0.25, 0.3) is 0 Å². The molecule has 0 spiro atoms. The van der Waals surface area contributed by atoms with Crippen molar-refractivity contribution in [2.45, 2.75) is 0 Å². The van der Waals surface area contributed by atoms with E-state index >= 15 is 0 Å². The van der Waals surface area contributed by atoms with Gasteiger partial charge in [0.2, 0.25) is 0 Å². The molecular weight excluding hydrogens is 206 g/mol. The molecular formula is C16H12N. The average Bonchev–Trinajstić information content (AvgIpc) is 2.81. The summed E-state index contributed by atoms with van der Waals surface area (Å²) < 4.78 is 2.09. The Morgan fingerprint density at radius 2 is 1.65 bits per heavy atom. The van der Waals surface area contributed by atoms with E-state index in [1.165, 1.54) is 11.1 Å². The van der Waals surface area contributed by atoms with Gasteiger partial charge in [-0.05, 0) is 17.7 Å². The largest absolute Gasteiger partial charge is 0.323 e. The van der Waals surface area contributed by atoms with E-state index in [0.29, 0.717) is 0 Å². The monoisotopic (exact) mass is 218 g/mol. The Balaban J connectivity index is 1.98. The molecule has 1 radical (unpaired) electrons. The molecule has 0 aliphatic rings. The SMILES string of the molecule is [c]1cn(C=Cc2ccccc2)c2ccccc12. The van der Waals surface area contributed by atoms with Crippen LogP contribution in [0, 0.1) is 6.07 Å².